The lowest BCUT2D eigenvalue weighted by atomic mass is 10.3. The summed E-state index contributed by atoms with van der Waals surface area (Å²) in [7, 11) is 3.37. The number of nitrogen functional groups attached to an aromatic ring is 1. The van der Waals surface area contributed by atoms with E-state index in [1.54, 1.807) is 25.9 Å². The molecule has 7 heteroatoms. The normalized spacial score (nSPS) is 10.5. The molecular formula is C10H13N5OS. The molecule has 1 aromatic heterocycles. The number of aryl methyl sites for hydroxylation is 1. The molecule has 0 aliphatic carbocycles. The van der Waals surface area contributed by atoms with Gasteiger partial charge in [0.25, 0.3) is 0 Å². The lowest BCUT2D eigenvalue weighted by Gasteiger charge is -2.06. The minimum atomic E-state index is 0.630. The lowest BCUT2D eigenvalue weighted by Crippen LogP contribution is -1.93. The van der Waals surface area contributed by atoms with Gasteiger partial charge in [-0.05, 0) is 23.4 Å². The van der Waals surface area contributed by atoms with Crippen molar-refractivity contribution < 1.29 is 4.74 Å². The van der Waals surface area contributed by atoms with Crippen LogP contribution in [0.3, 0.4) is 0 Å². The minimum absolute atomic E-state index is 0.630. The van der Waals surface area contributed by atoms with Crippen molar-refractivity contribution in [3.8, 4) is 5.75 Å². The standard InChI is InChI=1S/C10H13N5OS/c1-15-13-10(12-14-15)6-17-9-5-7(16-2)3-4-8(9)11/h3-5H,6,11H2,1-2H3. The molecule has 0 amide bonds. The Morgan fingerprint density at radius 1 is 1.47 bits per heavy atom. The predicted molar refractivity (Wildman–Crippen MR) is 65.8 cm³/mol. The molecule has 2 aromatic rings. The Hall–Kier alpha value is -1.76. The Morgan fingerprint density at radius 3 is 2.94 bits per heavy atom. The molecule has 6 nitrogen and oxygen atoms in total. The third-order valence-corrected chi connectivity index (χ3v) is 3.19. The molecule has 0 saturated carbocycles. The summed E-state index contributed by atoms with van der Waals surface area (Å²) >= 11 is 1.56. The van der Waals surface area contributed by atoms with Crippen LogP contribution in [0, 0.1) is 0 Å². The molecule has 0 spiro atoms. The van der Waals surface area contributed by atoms with Crippen molar-refractivity contribution in [3.05, 3.63) is 24.0 Å². The van der Waals surface area contributed by atoms with Gasteiger partial charge in [-0.2, -0.15) is 4.80 Å². The van der Waals surface area contributed by atoms with Crippen LogP contribution in [0.2, 0.25) is 0 Å². The molecule has 1 aromatic carbocycles. The highest BCUT2D eigenvalue weighted by atomic mass is 32.2. The fourth-order valence-corrected chi connectivity index (χ4v) is 2.12. The monoisotopic (exact) mass is 251 g/mol. The summed E-state index contributed by atoms with van der Waals surface area (Å²) in [6.45, 7) is 0. The highest BCUT2D eigenvalue weighted by Gasteiger charge is 2.06. The van der Waals surface area contributed by atoms with Gasteiger partial charge in [-0.25, -0.2) is 0 Å². The molecule has 2 rings (SSSR count). The third kappa shape index (κ3) is 2.88. The van der Waals surface area contributed by atoms with Crippen LogP contribution < -0.4 is 10.5 Å². The van der Waals surface area contributed by atoms with E-state index in [0.29, 0.717) is 11.6 Å². The van der Waals surface area contributed by atoms with Crippen molar-refractivity contribution in [2.75, 3.05) is 12.8 Å². The molecule has 0 aliphatic heterocycles. The largest absolute Gasteiger partial charge is 0.497 e. The van der Waals surface area contributed by atoms with Gasteiger partial charge >= 0.3 is 0 Å². The summed E-state index contributed by atoms with van der Waals surface area (Å²) in [4.78, 5) is 2.39. The minimum Gasteiger partial charge on any atom is -0.497 e. The van der Waals surface area contributed by atoms with Gasteiger partial charge in [0, 0.05) is 10.6 Å². The van der Waals surface area contributed by atoms with Crippen LogP contribution in [0.15, 0.2) is 23.1 Å². The predicted octanol–water partition coefficient (Wildman–Crippen LogP) is 1.09. The van der Waals surface area contributed by atoms with Gasteiger partial charge in [0.15, 0.2) is 5.82 Å². The number of tetrazole rings is 1. The maximum atomic E-state index is 5.88. The first-order valence-electron chi connectivity index (χ1n) is 4.98. The molecular weight excluding hydrogens is 238 g/mol. The number of thioether (sulfide) groups is 1. The Labute approximate surface area is 103 Å². The third-order valence-electron chi connectivity index (χ3n) is 2.13. The van der Waals surface area contributed by atoms with Gasteiger partial charge in [-0.3, -0.25) is 0 Å². The number of aromatic nitrogens is 4. The first-order valence-corrected chi connectivity index (χ1v) is 5.97. The van der Waals surface area contributed by atoms with E-state index < -0.39 is 0 Å². The number of ether oxygens (including phenoxy) is 1. The van der Waals surface area contributed by atoms with Crippen LogP contribution in [0.25, 0.3) is 0 Å². The van der Waals surface area contributed by atoms with Gasteiger partial charge in [0.2, 0.25) is 0 Å². The van der Waals surface area contributed by atoms with E-state index >= 15 is 0 Å². The zero-order valence-corrected chi connectivity index (χ0v) is 10.4. The smallest absolute Gasteiger partial charge is 0.184 e. The van der Waals surface area contributed by atoms with Crippen LogP contribution in [0.5, 0.6) is 5.75 Å². The maximum absolute atomic E-state index is 5.88. The maximum Gasteiger partial charge on any atom is 0.184 e. The molecule has 0 radical (unpaired) electrons. The van der Waals surface area contributed by atoms with Crippen LogP contribution in [-0.2, 0) is 12.8 Å². The molecule has 0 saturated heterocycles. The van der Waals surface area contributed by atoms with Crippen molar-refractivity contribution in [3.63, 3.8) is 0 Å². The van der Waals surface area contributed by atoms with Gasteiger partial charge in [0.05, 0.1) is 19.9 Å². The second-order valence-electron chi connectivity index (χ2n) is 3.39. The zero-order chi connectivity index (χ0) is 12.3. The van der Waals surface area contributed by atoms with E-state index in [0.717, 1.165) is 16.3 Å². The summed E-state index contributed by atoms with van der Waals surface area (Å²) in [5.41, 5.74) is 6.60. The first kappa shape index (κ1) is 11.7. The van der Waals surface area contributed by atoms with Crippen molar-refractivity contribution in [2.24, 2.45) is 7.05 Å². The quantitative estimate of drug-likeness (QED) is 0.647. The van der Waals surface area contributed by atoms with Crippen LogP contribution in [-0.4, -0.2) is 27.3 Å². The lowest BCUT2D eigenvalue weighted by molar-refractivity contribution is 0.414. The number of methoxy groups -OCH3 is 1. The summed E-state index contributed by atoms with van der Waals surface area (Å²) in [6, 6.07) is 5.56. The molecule has 0 atom stereocenters. The number of nitrogens with zero attached hydrogens (tertiary/aromatic N) is 4. The summed E-state index contributed by atoms with van der Waals surface area (Å²) in [6.07, 6.45) is 0. The molecule has 17 heavy (non-hydrogen) atoms. The van der Waals surface area contributed by atoms with Gasteiger partial charge < -0.3 is 10.5 Å². The van der Waals surface area contributed by atoms with E-state index in [2.05, 4.69) is 15.4 Å². The molecule has 2 N–H and O–H groups in total. The van der Waals surface area contributed by atoms with Gasteiger partial charge in [0.1, 0.15) is 5.75 Å². The van der Waals surface area contributed by atoms with Crippen LogP contribution >= 0.6 is 11.8 Å². The molecule has 0 aliphatic rings. The van der Waals surface area contributed by atoms with E-state index in [1.807, 2.05) is 18.2 Å². The first-order chi connectivity index (χ1) is 8.19. The van der Waals surface area contributed by atoms with Crippen molar-refractivity contribution in [1.29, 1.82) is 0 Å². The van der Waals surface area contributed by atoms with Crippen molar-refractivity contribution >= 4 is 17.4 Å². The Kier molecular flexibility index (Phi) is 3.48. The van der Waals surface area contributed by atoms with Gasteiger partial charge in [-0.1, -0.05) is 0 Å². The average Bonchev–Trinajstić information content (AvgIpc) is 2.74. The fraction of sp³-hybridized carbons (Fsp3) is 0.300. The second-order valence-corrected chi connectivity index (χ2v) is 4.40. The number of benzene rings is 1. The van der Waals surface area contributed by atoms with Gasteiger partial charge in [-0.15, -0.1) is 22.0 Å². The Balaban J connectivity index is 2.07. The van der Waals surface area contributed by atoms with E-state index in [1.165, 1.54) is 4.80 Å². The highest BCUT2D eigenvalue weighted by Crippen LogP contribution is 2.30. The summed E-state index contributed by atoms with van der Waals surface area (Å²) < 4.78 is 5.15. The number of rotatable bonds is 4. The number of nitrogens with two attached hydrogens (primary N) is 1. The average molecular weight is 251 g/mol. The molecule has 0 fully saturated rings. The highest BCUT2D eigenvalue weighted by molar-refractivity contribution is 7.98. The van der Waals surface area contributed by atoms with Crippen LogP contribution in [0.4, 0.5) is 5.69 Å². The Bertz CT molecular complexity index is 513. The molecule has 0 unspecified atom stereocenters. The van der Waals surface area contributed by atoms with E-state index in [4.69, 9.17) is 10.5 Å². The van der Waals surface area contributed by atoms with Crippen LogP contribution in [0.1, 0.15) is 5.82 Å². The second kappa shape index (κ2) is 5.05. The Morgan fingerprint density at radius 2 is 2.29 bits per heavy atom. The zero-order valence-electron chi connectivity index (χ0n) is 9.62. The topological polar surface area (TPSA) is 78.9 Å². The number of hydrogen-bond donors (Lipinski definition) is 1. The molecule has 90 valence electrons. The number of anilines is 1. The molecule has 1 heterocycles. The fourth-order valence-electron chi connectivity index (χ4n) is 1.29. The SMILES string of the molecule is COc1ccc(N)c(SCc2nnn(C)n2)c1. The summed E-state index contributed by atoms with van der Waals surface area (Å²) in [5, 5.41) is 11.8. The molecule has 0 bridgehead atoms. The van der Waals surface area contributed by atoms with Crippen molar-refractivity contribution in [2.45, 2.75) is 10.6 Å². The van der Waals surface area contributed by atoms with Crippen molar-refractivity contribution in [1.82, 2.24) is 20.2 Å². The summed E-state index contributed by atoms with van der Waals surface area (Å²) in [5.74, 6) is 2.10. The van der Waals surface area contributed by atoms with E-state index in [-0.39, 0.29) is 0 Å². The van der Waals surface area contributed by atoms with E-state index in [9.17, 15) is 0 Å². The number of hydrogen-bond acceptors (Lipinski definition) is 6.